The molecule has 7 heteroatoms. The topological polar surface area (TPSA) is 46.2 Å². The first-order valence-corrected chi connectivity index (χ1v) is 8.58. The Morgan fingerprint density at radius 3 is 2.35 bits per heavy atom. The first-order valence-electron chi connectivity index (χ1n) is 5.55. The molecule has 0 aromatic heterocycles. The van der Waals surface area contributed by atoms with Crippen LogP contribution in [0.4, 0.5) is 5.69 Å². The van der Waals surface area contributed by atoms with E-state index in [0.29, 0.717) is 10.0 Å². The van der Waals surface area contributed by atoms with Gasteiger partial charge in [-0.15, -0.1) is 0 Å². The third-order valence-electron chi connectivity index (χ3n) is 2.66. The van der Waals surface area contributed by atoms with Crippen LogP contribution < -0.4 is 4.72 Å². The summed E-state index contributed by atoms with van der Waals surface area (Å²) in [7, 11) is -3.70. The van der Waals surface area contributed by atoms with Crippen LogP contribution in [0, 0.1) is 6.92 Å². The lowest BCUT2D eigenvalue weighted by Crippen LogP contribution is -2.14. The van der Waals surface area contributed by atoms with Gasteiger partial charge in [0.1, 0.15) is 0 Å². The number of rotatable bonds is 3. The molecule has 106 valence electrons. The molecule has 0 heterocycles. The molecule has 0 spiro atoms. The van der Waals surface area contributed by atoms with Crippen LogP contribution in [0.3, 0.4) is 0 Å². The molecule has 1 N–H and O–H groups in total. The molecular formula is C13H10BrCl2NO2S. The fraction of sp³-hybridized carbons (Fsp3) is 0.0769. The van der Waals surface area contributed by atoms with Gasteiger partial charge in [-0.3, -0.25) is 4.72 Å². The van der Waals surface area contributed by atoms with Gasteiger partial charge in [-0.25, -0.2) is 8.42 Å². The lowest BCUT2D eigenvalue weighted by molar-refractivity contribution is 0.600. The monoisotopic (exact) mass is 393 g/mol. The van der Waals surface area contributed by atoms with Crippen molar-refractivity contribution in [2.45, 2.75) is 11.8 Å². The lowest BCUT2D eigenvalue weighted by Gasteiger charge is -2.12. The van der Waals surface area contributed by atoms with Gasteiger partial charge in [-0.05, 0) is 46.6 Å². The minimum Gasteiger partial charge on any atom is -0.278 e. The van der Waals surface area contributed by atoms with Gasteiger partial charge in [0, 0.05) is 4.47 Å². The van der Waals surface area contributed by atoms with E-state index in [1.807, 2.05) is 0 Å². The molecule has 0 fully saturated rings. The molecule has 0 atom stereocenters. The maximum atomic E-state index is 12.3. The molecule has 0 amide bonds. The van der Waals surface area contributed by atoms with Gasteiger partial charge < -0.3 is 0 Å². The number of anilines is 1. The Kier molecular flexibility index (Phi) is 4.64. The minimum absolute atomic E-state index is 0.151. The summed E-state index contributed by atoms with van der Waals surface area (Å²) in [4.78, 5) is 0.204. The average molecular weight is 395 g/mol. The number of benzene rings is 2. The molecule has 2 aromatic carbocycles. The fourth-order valence-corrected chi connectivity index (χ4v) is 3.86. The van der Waals surface area contributed by atoms with Crippen LogP contribution in [0.25, 0.3) is 0 Å². The number of hydrogen-bond donors (Lipinski definition) is 1. The van der Waals surface area contributed by atoms with E-state index in [1.54, 1.807) is 37.3 Å². The smallest absolute Gasteiger partial charge is 0.262 e. The molecule has 0 aliphatic rings. The quantitative estimate of drug-likeness (QED) is 0.755. The molecule has 0 radical (unpaired) electrons. The third-order valence-corrected chi connectivity index (χ3v) is 5.96. The fourth-order valence-electron chi connectivity index (χ4n) is 1.66. The summed E-state index contributed by atoms with van der Waals surface area (Å²) in [5.41, 5.74) is 0.891. The van der Waals surface area contributed by atoms with E-state index in [9.17, 15) is 8.42 Å². The molecule has 20 heavy (non-hydrogen) atoms. The summed E-state index contributed by atoms with van der Waals surface area (Å²) in [5.74, 6) is 0. The van der Waals surface area contributed by atoms with Crippen LogP contribution in [0.2, 0.25) is 10.0 Å². The zero-order chi connectivity index (χ0) is 14.9. The first-order chi connectivity index (χ1) is 9.33. The lowest BCUT2D eigenvalue weighted by atomic mass is 10.2. The van der Waals surface area contributed by atoms with Crippen molar-refractivity contribution in [2.75, 3.05) is 4.72 Å². The van der Waals surface area contributed by atoms with E-state index < -0.39 is 10.0 Å². The van der Waals surface area contributed by atoms with Crippen molar-refractivity contribution >= 4 is 54.8 Å². The van der Waals surface area contributed by atoms with Crippen molar-refractivity contribution in [3.8, 4) is 0 Å². The predicted molar refractivity (Wildman–Crippen MR) is 86.1 cm³/mol. The summed E-state index contributed by atoms with van der Waals surface area (Å²) < 4.78 is 27.7. The zero-order valence-electron chi connectivity index (χ0n) is 10.3. The van der Waals surface area contributed by atoms with E-state index in [2.05, 4.69) is 20.7 Å². The number of hydrogen-bond acceptors (Lipinski definition) is 2. The van der Waals surface area contributed by atoms with Gasteiger partial charge >= 0.3 is 0 Å². The highest BCUT2D eigenvalue weighted by Crippen LogP contribution is 2.36. The normalized spacial score (nSPS) is 11.4. The Bertz CT molecular complexity index is 763. The van der Waals surface area contributed by atoms with Gasteiger partial charge in [-0.1, -0.05) is 41.4 Å². The standard InChI is InChI=1S/C13H10BrCl2NO2S/c1-8-4-2-3-5-11(8)20(18,19)17-10-7-6-9(14)12(15)13(10)16/h2-7,17H,1H3. The Balaban J connectivity index is 2.45. The van der Waals surface area contributed by atoms with Crippen molar-refractivity contribution < 1.29 is 8.42 Å². The largest absolute Gasteiger partial charge is 0.278 e. The van der Waals surface area contributed by atoms with Crippen LogP contribution in [0.15, 0.2) is 45.8 Å². The second-order valence-electron chi connectivity index (χ2n) is 4.09. The van der Waals surface area contributed by atoms with Gasteiger partial charge in [-0.2, -0.15) is 0 Å². The number of sulfonamides is 1. The van der Waals surface area contributed by atoms with Crippen LogP contribution in [0.1, 0.15) is 5.56 Å². The molecular weight excluding hydrogens is 385 g/mol. The number of halogens is 3. The van der Waals surface area contributed by atoms with E-state index in [4.69, 9.17) is 23.2 Å². The Morgan fingerprint density at radius 1 is 1.05 bits per heavy atom. The zero-order valence-corrected chi connectivity index (χ0v) is 14.2. The van der Waals surface area contributed by atoms with E-state index in [0.717, 1.165) is 0 Å². The van der Waals surface area contributed by atoms with Crippen molar-refractivity contribution in [1.29, 1.82) is 0 Å². The molecule has 3 nitrogen and oxygen atoms in total. The van der Waals surface area contributed by atoms with Gasteiger partial charge in [0.25, 0.3) is 10.0 Å². The molecule has 0 aliphatic heterocycles. The Labute approximate surface area is 136 Å². The highest BCUT2D eigenvalue weighted by Gasteiger charge is 2.19. The molecule has 2 rings (SSSR count). The second kappa shape index (κ2) is 5.93. The molecule has 0 bridgehead atoms. The van der Waals surface area contributed by atoms with Crippen molar-refractivity contribution in [1.82, 2.24) is 0 Å². The second-order valence-corrected chi connectivity index (χ2v) is 7.35. The van der Waals surface area contributed by atoms with Crippen molar-refractivity contribution in [3.05, 3.63) is 56.5 Å². The Morgan fingerprint density at radius 2 is 1.70 bits per heavy atom. The van der Waals surface area contributed by atoms with Gasteiger partial charge in [0.15, 0.2) is 0 Å². The SMILES string of the molecule is Cc1ccccc1S(=O)(=O)Nc1ccc(Br)c(Cl)c1Cl. The maximum Gasteiger partial charge on any atom is 0.262 e. The predicted octanol–water partition coefficient (Wildman–Crippen LogP) is 4.87. The number of aryl methyl sites for hydroxylation is 1. The summed E-state index contributed by atoms with van der Waals surface area (Å²) in [6, 6.07) is 9.88. The van der Waals surface area contributed by atoms with Gasteiger partial charge in [0.2, 0.25) is 0 Å². The molecule has 2 aromatic rings. The summed E-state index contributed by atoms with van der Waals surface area (Å²) in [6.45, 7) is 1.73. The van der Waals surface area contributed by atoms with Crippen LogP contribution in [0.5, 0.6) is 0 Å². The van der Waals surface area contributed by atoms with E-state index in [1.165, 1.54) is 6.07 Å². The first kappa shape index (κ1) is 15.6. The van der Waals surface area contributed by atoms with Gasteiger partial charge in [0.05, 0.1) is 20.6 Å². The third kappa shape index (κ3) is 3.11. The molecule has 0 saturated carbocycles. The maximum absolute atomic E-state index is 12.3. The van der Waals surface area contributed by atoms with E-state index >= 15 is 0 Å². The van der Waals surface area contributed by atoms with Crippen molar-refractivity contribution in [3.63, 3.8) is 0 Å². The summed E-state index contributed by atoms with van der Waals surface area (Å²) in [5, 5.41) is 0.412. The average Bonchev–Trinajstić information content (AvgIpc) is 2.40. The molecule has 0 aliphatic carbocycles. The highest BCUT2D eigenvalue weighted by atomic mass is 79.9. The minimum atomic E-state index is -3.70. The Hall–Kier alpha value is -0.750. The van der Waals surface area contributed by atoms with Crippen molar-refractivity contribution in [2.24, 2.45) is 0 Å². The highest BCUT2D eigenvalue weighted by molar-refractivity contribution is 9.10. The van der Waals surface area contributed by atoms with Crippen LogP contribution in [-0.4, -0.2) is 8.42 Å². The van der Waals surface area contributed by atoms with E-state index in [-0.39, 0.29) is 20.6 Å². The molecule has 0 unspecified atom stereocenters. The van der Waals surface area contributed by atoms with Crippen LogP contribution >= 0.6 is 39.1 Å². The number of nitrogens with one attached hydrogen (secondary N) is 1. The van der Waals surface area contributed by atoms with Crippen LogP contribution in [-0.2, 0) is 10.0 Å². The summed E-state index contributed by atoms with van der Waals surface area (Å²) in [6.07, 6.45) is 0. The molecule has 0 saturated heterocycles. The summed E-state index contributed by atoms with van der Waals surface area (Å²) >= 11 is 15.2.